The van der Waals surface area contributed by atoms with Gasteiger partial charge in [-0.15, -0.1) is 0 Å². The highest BCUT2D eigenvalue weighted by molar-refractivity contribution is 5.82. The van der Waals surface area contributed by atoms with Gasteiger partial charge in [-0.3, -0.25) is 9.78 Å². The summed E-state index contributed by atoms with van der Waals surface area (Å²) in [6, 6.07) is 11.2. The first-order chi connectivity index (χ1) is 9.75. The first kappa shape index (κ1) is 13.7. The summed E-state index contributed by atoms with van der Waals surface area (Å²) in [5.41, 5.74) is 4.20. The van der Waals surface area contributed by atoms with Gasteiger partial charge in [0.1, 0.15) is 5.75 Å². The van der Waals surface area contributed by atoms with Gasteiger partial charge in [0, 0.05) is 18.0 Å². The molecule has 0 saturated heterocycles. The van der Waals surface area contributed by atoms with Gasteiger partial charge in [0.2, 0.25) is 0 Å². The quantitative estimate of drug-likeness (QED) is 0.666. The molecule has 0 unspecified atom stereocenters. The number of para-hydroxylation sites is 1. The Kier molecular flexibility index (Phi) is 4.83. The number of hydrogen-bond donors (Lipinski definition) is 1. The molecule has 0 fully saturated rings. The standard InChI is InChI=1S/C15H15N3O2/c1-12-5-2-3-7-14(12)20-11-15(19)18-17-10-13-6-4-8-16-9-13/h2-10H,11H2,1H3,(H,18,19)/b17-10-. The largest absolute Gasteiger partial charge is 0.483 e. The van der Waals surface area contributed by atoms with Crippen LogP contribution in [0.1, 0.15) is 11.1 Å². The van der Waals surface area contributed by atoms with E-state index in [1.54, 1.807) is 18.5 Å². The maximum atomic E-state index is 11.6. The number of amides is 1. The summed E-state index contributed by atoms with van der Waals surface area (Å²) in [5.74, 6) is 0.382. The molecule has 0 aliphatic rings. The van der Waals surface area contributed by atoms with Crippen molar-refractivity contribution in [1.29, 1.82) is 0 Å². The van der Waals surface area contributed by atoms with Crippen LogP contribution < -0.4 is 10.2 Å². The lowest BCUT2D eigenvalue weighted by Gasteiger charge is -2.07. The number of hydrazone groups is 1. The van der Waals surface area contributed by atoms with Crippen molar-refractivity contribution in [2.75, 3.05) is 6.61 Å². The molecule has 1 N–H and O–H groups in total. The van der Waals surface area contributed by atoms with E-state index in [4.69, 9.17) is 4.74 Å². The van der Waals surface area contributed by atoms with Crippen molar-refractivity contribution in [2.24, 2.45) is 5.10 Å². The number of nitrogens with zero attached hydrogens (tertiary/aromatic N) is 2. The molecule has 102 valence electrons. The smallest absolute Gasteiger partial charge is 0.277 e. The number of benzene rings is 1. The molecular weight excluding hydrogens is 254 g/mol. The maximum absolute atomic E-state index is 11.6. The molecule has 0 atom stereocenters. The van der Waals surface area contributed by atoms with Crippen molar-refractivity contribution >= 4 is 12.1 Å². The number of rotatable bonds is 5. The van der Waals surface area contributed by atoms with Gasteiger partial charge >= 0.3 is 0 Å². The van der Waals surface area contributed by atoms with E-state index in [9.17, 15) is 4.79 Å². The Hall–Kier alpha value is -2.69. The Balaban J connectivity index is 1.79. The Morgan fingerprint density at radius 3 is 2.95 bits per heavy atom. The van der Waals surface area contributed by atoms with Crippen LogP contribution in [0.2, 0.25) is 0 Å². The summed E-state index contributed by atoms with van der Waals surface area (Å²) >= 11 is 0. The third kappa shape index (κ3) is 4.20. The minimum atomic E-state index is -0.312. The van der Waals surface area contributed by atoms with Crippen molar-refractivity contribution in [3.05, 3.63) is 59.9 Å². The van der Waals surface area contributed by atoms with Gasteiger partial charge in [0.15, 0.2) is 6.61 Å². The number of pyridine rings is 1. The zero-order chi connectivity index (χ0) is 14.2. The van der Waals surface area contributed by atoms with Gasteiger partial charge in [-0.05, 0) is 24.6 Å². The van der Waals surface area contributed by atoms with E-state index < -0.39 is 0 Å². The Bertz CT molecular complexity index is 597. The minimum absolute atomic E-state index is 0.0742. The van der Waals surface area contributed by atoms with Crippen LogP contribution in [0.4, 0.5) is 0 Å². The number of carbonyl (C=O) groups is 1. The second-order valence-electron chi connectivity index (χ2n) is 4.13. The van der Waals surface area contributed by atoms with Crippen LogP contribution >= 0.6 is 0 Å². The molecule has 2 aromatic rings. The lowest BCUT2D eigenvalue weighted by Crippen LogP contribution is -2.24. The fourth-order valence-electron chi connectivity index (χ4n) is 1.53. The third-order valence-corrected chi connectivity index (χ3v) is 2.54. The minimum Gasteiger partial charge on any atom is -0.483 e. The molecule has 1 aromatic carbocycles. The van der Waals surface area contributed by atoms with E-state index >= 15 is 0 Å². The lowest BCUT2D eigenvalue weighted by molar-refractivity contribution is -0.123. The summed E-state index contributed by atoms with van der Waals surface area (Å²) < 4.78 is 5.40. The van der Waals surface area contributed by atoms with Crippen LogP contribution in [-0.4, -0.2) is 23.7 Å². The van der Waals surface area contributed by atoms with Gasteiger partial charge in [-0.1, -0.05) is 24.3 Å². The second kappa shape index (κ2) is 7.04. The predicted molar refractivity (Wildman–Crippen MR) is 76.6 cm³/mol. The average Bonchev–Trinajstić information content (AvgIpc) is 2.47. The molecule has 20 heavy (non-hydrogen) atoms. The predicted octanol–water partition coefficient (Wildman–Crippen LogP) is 1.92. The summed E-state index contributed by atoms with van der Waals surface area (Å²) in [6.45, 7) is 1.85. The summed E-state index contributed by atoms with van der Waals surface area (Å²) in [6.07, 6.45) is 4.85. The van der Waals surface area contributed by atoms with Crippen LogP contribution in [0.25, 0.3) is 0 Å². The van der Waals surface area contributed by atoms with Crippen molar-refractivity contribution in [2.45, 2.75) is 6.92 Å². The molecule has 0 saturated carbocycles. The van der Waals surface area contributed by atoms with E-state index in [-0.39, 0.29) is 12.5 Å². The normalized spacial score (nSPS) is 10.4. The molecule has 0 radical (unpaired) electrons. The summed E-state index contributed by atoms with van der Waals surface area (Å²) in [7, 11) is 0. The van der Waals surface area contributed by atoms with E-state index in [1.807, 2.05) is 37.3 Å². The lowest BCUT2D eigenvalue weighted by atomic mass is 10.2. The second-order valence-corrected chi connectivity index (χ2v) is 4.13. The zero-order valence-electron chi connectivity index (χ0n) is 11.1. The molecule has 1 heterocycles. The molecule has 5 heteroatoms. The number of aromatic nitrogens is 1. The molecule has 1 amide bonds. The van der Waals surface area contributed by atoms with Gasteiger partial charge in [-0.25, -0.2) is 5.43 Å². The highest BCUT2D eigenvalue weighted by Crippen LogP contribution is 2.15. The van der Waals surface area contributed by atoms with Gasteiger partial charge in [0.05, 0.1) is 6.21 Å². The Morgan fingerprint density at radius 2 is 2.20 bits per heavy atom. The van der Waals surface area contributed by atoms with E-state index in [0.29, 0.717) is 5.75 Å². The van der Waals surface area contributed by atoms with Crippen molar-refractivity contribution in [3.8, 4) is 5.75 Å². The van der Waals surface area contributed by atoms with Crippen LogP contribution in [0.5, 0.6) is 5.75 Å². The number of hydrogen-bond acceptors (Lipinski definition) is 4. The van der Waals surface area contributed by atoms with Crippen LogP contribution in [0.3, 0.4) is 0 Å². The zero-order valence-corrected chi connectivity index (χ0v) is 11.1. The molecule has 1 aromatic heterocycles. The number of nitrogens with one attached hydrogen (secondary N) is 1. The Morgan fingerprint density at radius 1 is 1.35 bits per heavy atom. The molecule has 0 aliphatic heterocycles. The average molecular weight is 269 g/mol. The van der Waals surface area contributed by atoms with Crippen LogP contribution in [-0.2, 0) is 4.79 Å². The van der Waals surface area contributed by atoms with Gasteiger partial charge < -0.3 is 4.74 Å². The molecular formula is C15H15N3O2. The highest BCUT2D eigenvalue weighted by atomic mass is 16.5. The number of ether oxygens (including phenoxy) is 1. The van der Waals surface area contributed by atoms with Crippen LogP contribution in [0, 0.1) is 6.92 Å². The van der Waals surface area contributed by atoms with Gasteiger partial charge in [-0.2, -0.15) is 5.10 Å². The molecule has 5 nitrogen and oxygen atoms in total. The maximum Gasteiger partial charge on any atom is 0.277 e. The van der Waals surface area contributed by atoms with Gasteiger partial charge in [0.25, 0.3) is 5.91 Å². The number of aryl methyl sites for hydroxylation is 1. The van der Waals surface area contributed by atoms with E-state index in [1.165, 1.54) is 6.21 Å². The highest BCUT2D eigenvalue weighted by Gasteiger charge is 2.02. The Labute approximate surface area is 117 Å². The first-order valence-corrected chi connectivity index (χ1v) is 6.16. The molecule has 2 rings (SSSR count). The van der Waals surface area contributed by atoms with E-state index in [2.05, 4.69) is 15.5 Å². The topological polar surface area (TPSA) is 63.6 Å². The van der Waals surface area contributed by atoms with Crippen molar-refractivity contribution in [1.82, 2.24) is 10.4 Å². The molecule has 0 bridgehead atoms. The summed E-state index contributed by atoms with van der Waals surface area (Å²) in [4.78, 5) is 15.5. The van der Waals surface area contributed by atoms with Crippen LogP contribution in [0.15, 0.2) is 53.9 Å². The molecule has 0 spiro atoms. The third-order valence-electron chi connectivity index (χ3n) is 2.54. The van der Waals surface area contributed by atoms with E-state index in [0.717, 1.165) is 11.1 Å². The van der Waals surface area contributed by atoms with Crippen molar-refractivity contribution in [3.63, 3.8) is 0 Å². The fraction of sp³-hybridized carbons (Fsp3) is 0.133. The summed E-state index contributed by atoms with van der Waals surface area (Å²) in [5, 5.41) is 3.83. The SMILES string of the molecule is Cc1ccccc1OCC(=O)N/N=C\c1cccnc1. The monoisotopic (exact) mass is 269 g/mol. The molecule has 0 aliphatic carbocycles. The fourth-order valence-corrected chi connectivity index (χ4v) is 1.53. The van der Waals surface area contributed by atoms with Crippen molar-refractivity contribution < 1.29 is 9.53 Å². The first-order valence-electron chi connectivity index (χ1n) is 6.16. The number of carbonyl (C=O) groups excluding carboxylic acids is 1.